The topological polar surface area (TPSA) is 104 Å². The molecule has 0 heterocycles. The molecule has 6 nitrogen and oxygen atoms in total. The Morgan fingerprint density at radius 2 is 2.07 bits per heavy atom. The maximum atomic E-state index is 11.0. The zero-order valence-electron chi connectivity index (χ0n) is 7.11. The second-order valence-electron chi connectivity index (χ2n) is 2.55. The van der Waals surface area contributed by atoms with E-state index in [9.17, 15) is 13.9 Å². The summed E-state index contributed by atoms with van der Waals surface area (Å²) in [7, 11) is -3.66. The van der Waals surface area contributed by atoms with Crippen molar-refractivity contribution in [3.05, 3.63) is 28.7 Å². The number of carboxylic acids is 1. The van der Waals surface area contributed by atoms with Crippen LogP contribution in [-0.4, -0.2) is 19.8 Å². The second-order valence-corrected chi connectivity index (χ2v) is 5.33. The summed E-state index contributed by atoms with van der Waals surface area (Å²) in [5, 5.41) is 11.2. The SMILES string of the molecule is O=Nc1ccc(S(=O)(O)=S)cc1C(=O)O. The van der Waals surface area contributed by atoms with Crippen LogP contribution < -0.4 is 0 Å². The highest BCUT2D eigenvalue weighted by molar-refractivity contribution is 8.29. The van der Waals surface area contributed by atoms with Gasteiger partial charge in [0.05, 0.1) is 10.5 Å². The summed E-state index contributed by atoms with van der Waals surface area (Å²) in [6.07, 6.45) is 0. The fourth-order valence-electron chi connectivity index (χ4n) is 0.927. The Labute approximate surface area is 89.4 Å². The Bertz CT molecular complexity index is 522. The van der Waals surface area contributed by atoms with Gasteiger partial charge in [0.1, 0.15) is 5.69 Å². The molecule has 80 valence electrons. The Morgan fingerprint density at radius 3 is 2.47 bits per heavy atom. The van der Waals surface area contributed by atoms with E-state index in [1.807, 2.05) is 0 Å². The molecule has 0 aliphatic carbocycles. The quantitative estimate of drug-likeness (QED) is 0.781. The van der Waals surface area contributed by atoms with Gasteiger partial charge in [0.2, 0.25) is 0 Å². The Morgan fingerprint density at radius 1 is 1.47 bits per heavy atom. The molecule has 1 aromatic rings. The summed E-state index contributed by atoms with van der Waals surface area (Å²) in [6.45, 7) is 0. The van der Waals surface area contributed by atoms with Crippen molar-refractivity contribution in [2.45, 2.75) is 4.90 Å². The minimum Gasteiger partial charge on any atom is -0.478 e. The lowest BCUT2D eigenvalue weighted by Crippen LogP contribution is -2.01. The largest absolute Gasteiger partial charge is 0.478 e. The van der Waals surface area contributed by atoms with Crippen LogP contribution >= 0.6 is 0 Å². The molecule has 0 fully saturated rings. The van der Waals surface area contributed by atoms with Crippen molar-refractivity contribution in [2.75, 3.05) is 0 Å². The Balaban J connectivity index is 3.48. The van der Waals surface area contributed by atoms with Crippen LogP contribution in [-0.2, 0) is 20.0 Å². The molecular formula is C7H5NO5S2. The number of carboxylic acid groups (broad SMARTS) is 1. The number of hydrogen-bond acceptors (Lipinski definition) is 5. The summed E-state index contributed by atoms with van der Waals surface area (Å²) in [6, 6.07) is 3.00. The standard InChI is InChI=1S/C7H5NO5S2/c9-7(10)5-3-4(15(12,13)14)1-2-6(5)8-11/h1-3H,(H,9,10)(H,12,13,14). The molecule has 1 atom stereocenters. The average molecular weight is 247 g/mol. The van der Waals surface area contributed by atoms with E-state index >= 15 is 0 Å². The van der Waals surface area contributed by atoms with Crippen LogP contribution in [0, 0.1) is 4.91 Å². The first-order chi connectivity index (χ1) is 6.86. The number of aromatic carboxylic acids is 1. The van der Waals surface area contributed by atoms with Gasteiger partial charge in [-0.1, -0.05) is 0 Å². The van der Waals surface area contributed by atoms with Crippen molar-refractivity contribution in [1.82, 2.24) is 0 Å². The number of rotatable bonds is 3. The van der Waals surface area contributed by atoms with Crippen molar-refractivity contribution in [2.24, 2.45) is 5.18 Å². The van der Waals surface area contributed by atoms with Crippen LogP contribution in [0.5, 0.6) is 0 Å². The summed E-state index contributed by atoms with van der Waals surface area (Å²) in [5.74, 6) is -1.41. The molecule has 8 heteroatoms. The van der Waals surface area contributed by atoms with Crippen LogP contribution in [0.1, 0.15) is 10.4 Å². The predicted molar refractivity (Wildman–Crippen MR) is 55.3 cm³/mol. The molecule has 0 aliphatic heterocycles. The van der Waals surface area contributed by atoms with Gasteiger partial charge in [-0.3, -0.25) is 0 Å². The summed E-state index contributed by atoms with van der Waals surface area (Å²) in [5.41, 5.74) is -0.765. The van der Waals surface area contributed by atoms with Crippen LogP contribution in [0.4, 0.5) is 5.69 Å². The highest BCUT2D eigenvalue weighted by Gasteiger charge is 2.15. The van der Waals surface area contributed by atoms with E-state index in [1.165, 1.54) is 0 Å². The smallest absolute Gasteiger partial charge is 0.338 e. The molecule has 0 aromatic heterocycles. The number of benzene rings is 1. The average Bonchev–Trinajstić information content (AvgIpc) is 2.15. The highest BCUT2D eigenvalue weighted by Crippen LogP contribution is 2.22. The maximum Gasteiger partial charge on any atom is 0.338 e. The molecule has 0 bridgehead atoms. The number of nitroso groups, excluding NO2 is 1. The third-order valence-corrected chi connectivity index (χ3v) is 3.02. The van der Waals surface area contributed by atoms with E-state index < -0.39 is 20.3 Å². The van der Waals surface area contributed by atoms with Gasteiger partial charge in [0.15, 0.2) is 8.77 Å². The van der Waals surface area contributed by atoms with Gasteiger partial charge >= 0.3 is 5.97 Å². The molecule has 0 amide bonds. The maximum absolute atomic E-state index is 11.0. The lowest BCUT2D eigenvalue weighted by molar-refractivity contribution is 0.0697. The zero-order chi connectivity index (χ0) is 11.6. The summed E-state index contributed by atoms with van der Waals surface area (Å²) >= 11 is 4.26. The van der Waals surface area contributed by atoms with Crippen molar-refractivity contribution in [3.8, 4) is 0 Å². The van der Waals surface area contributed by atoms with Gasteiger partial charge in [-0.2, -0.15) is 0 Å². The molecule has 2 N–H and O–H groups in total. The van der Waals surface area contributed by atoms with E-state index in [4.69, 9.17) is 9.66 Å². The van der Waals surface area contributed by atoms with Gasteiger partial charge in [0, 0.05) is 11.2 Å². The fourth-order valence-corrected chi connectivity index (χ4v) is 1.74. The summed E-state index contributed by atoms with van der Waals surface area (Å²) in [4.78, 5) is 20.6. The van der Waals surface area contributed by atoms with E-state index in [-0.39, 0.29) is 10.6 Å². The number of hydrogen-bond donors (Lipinski definition) is 2. The molecule has 1 rings (SSSR count). The first-order valence-corrected chi connectivity index (χ1v) is 5.98. The molecule has 15 heavy (non-hydrogen) atoms. The van der Waals surface area contributed by atoms with Crippen molar-refractivity contribution >= 4 is 31.6 Å². The molecule has 0 radical (unpaired) electrons. The van der Waals surface area contributed by atoms with Crippen molar-refractivity contribution in [1.29, 1.82) is 0 Å². The van der Waals surface area contributed by atoms with Crippen LogP contribution in [0.15, 0.2) is 28.3 Å². The van der Waals surface area contributed by atoms with Crippen LogP contribution in [0.3, 0.4) is 0 Å². The van der Waals surface area contributed by atoms with Gasteiger partial charge < -0.3 is 9.66 Å². The normalized spacial score (nSPS) is 14.2. The minimum atomic E-state index is -3.66. The number of nitrogens with zero attached hydrogens (tertiary/aromatic N) is 1. The van der Waals surface area contributed by atoms with Gasteiger partial charge in [0.25, 0.3) is 0 Å². The van der Waals surface area contributed by atoms with Crippen LogP contribution in [0.25, 0.3) is 0 Å². The van der Waals surface area contributed by atoms with Gasteiger partial charge in [-0.15, -0.1) is 4.91 Å². The monoisotopic (exact) mass is 247 g/mol. The van der Waals surface area contributed by atoms with Gasteiger partial charge in [-0.05, 0) is 23.4 Å². The fraction of sp³-hybridized carbons (Fsp3) is 0. The van der Waals surface area contributed by atoms with E-state index in [2.05, 4.69) is 16.4 Å². The molecule has 1 aromatic carbocycles. The molecule has 0 saturated heterocycles. The third kappa shape index (κ3) is 2.55. The lowest BCUT2D eigenvalue weighted by Gasteiger charge is -2.02. The van der Waals surface area contributed by atoms with E-state index in [0.29, 0.717) is 0 Å². The Kier molecular flexibility index (Phi) is 3.12. The molecule has 0 spiro atoms. The third-order valence-electron chi connectivity index (χ3n) is 1.59. The van der Waals surface area contributed by atoms with Gasteiger partial charge in [-0.25, -0.2) is 9.00 Å². The van der Waals surface area contributed by atoms with E-state index in [1.54, 1.807) is 0 Å². The molecule has 1 unspecified atom stereocenters. The first kappa shape index (κ1) is 11.7. The van der Waals surface area contributed by atoms with Crippen LogP contribution in [0.2, 0.25) is 0 Å². The lowest BCUT2D eigenvalue weighted by atomic mass is 10.2. The molecular weight excluding hydrogens is 242 g/mol. The number of carbonyl (C=O) groups is 1. The molecule has 0 aliphatic rings. The highest BCUT2D eigenvalue weighted by atomic mass is 32.8. The predicted octanol–water partition coefficient (Wildman–Crippen LogP) is 1.36. The van der Waals surface area contributed by atoms with Crippen molar-refractivity contribution in [3.63, 3.8) is 0 Å². The minimum absolute atomic E-state index is 0.234. The van der Waals surface area contributed by atoms with Crippen molar-refractivity contribution < 1.29 is 18.7 Å². The zero-order valence-corrected chi connectivity index (χ0v) is 8.75. The van der Waals surface area contributed by atoms with E-state index in [0.717, 1.165) is 18.2 Å². The molecule has 0 saturated carbocycles. The first-order valence-electron chi connectivity index (χ1n) is 3.54. The Hall–Kier alpha value is -1.38. The summed E-state index contributed by atoms with van der Waals surface area (Å²) < 4.78 is 20.0. The second kappa shape index (κ2) is 4.01.